The molecular formula is C24H25F3N6O5. The van der Waals surface area contributed by atoms with E-state index in [-0.39, 0.29) is 23.6 Å². The first-order chi connectivity index (χ1) is 18.1. The Morgan fingerprint density at radius 2 is 1.95 bits per heavy atom. The number of rotatable bonds is 7. The lowest BCUT2D eigenvalue weighted by Gasteiger charge is -2.39. The Bertz CT molecular complexity index is 1270. The van der Waals surface area contributed by atoms with Crippen molar-refractivity contribution >= 4 is 11.6 Å². The molecule has 0 saturated carbocycles. The smallest absolute Gasteiger partial charge is 0.444 e. The Kier molecular flexibility index (Phi) is 6.84. The molecule has 4 heterocycles. The lowest BCUT2D eigenvalue weighted by molar-refractivity contribution is -0.389. The Morgan fingerprint density at radius 1 is 1.21 bits per heavy atom. The largest absolute Gasteiger partial charge is 0.573 e. The summed E-state index contributed by atoms with van der Waals surface area (Å²) in [6, 6.07) is 9.38. The predicted octanol–water partition coefficient (Wildman–Crippen LogP) is 3.12. The van der Waals surface area contributed by atoms with Gasteiger partial charge in [0, 0.05) is 37.4 Å². The second-order valence-corrected chi connectivity index (χ2v) is 9.30. The minimum Gasteiger partial charge on any atom is -0.444 e. The number of hydrogen-bond acceptors (Lipinski definition) is 9. The first kappa shape index (κ1) is 25.7. The maximum absolute atomic E-state index is 12.4. The highest BCUT2D eigenvalue weighted by molar-refractivity contribution is 5.41. The Balaban J connectivity index is 1.12. The van der Waals surface area contributed by atoms with Crippen molar-refractivity contribution in [1.82, 2.24) is 19.9 Å². The second-order valence-electron chi connectivity index (χ2n) is 9.30. The quantitative estimate of drug-likeness (QED) is 0.347. The van der Waals surface area contributed by atoms with Gasteiger partial charge >= 0.3 is 18.2 Å². The summed E-state index contributed by atoms with van der Waals surface area (Å²) in [5, 5.41) is 25.4. The third-order valence-corrected chi connectivity index (χ3v) is 6.69. The fourth-order valence-electron chi connectivity index (χ4n) is 4.64. The van der Waals surface area contributed by atoms with E-state index in [2.05, 4.69) is 24.9 Å². The van der Waals surface area contributed by atoms with Crippen LogP contribution in [0.4, 0.5) is 24.8 Å². The highest BCUT2D eigenvalue weighted by Gasteiger charge is 2.35. The lowest BCUT2D eigenvalue weighted by atomic mass is 9.84. The topological polar surface area (TPSA) is 128 Å². The fraction of sp³-hybridized carbons (Fsp3) is 0.417. The SMILES string of the molecule is O=[N+]([O-])c1cn2c(n1)OC[C@@H](NCc1ccc(N3CCC(O)(c4ccc(OC(F)(F)F)cc4)CC3)nc1)C2. The van der Waals surface area contributed by atoms with E-state index in [1.165, 1.54) is 30.5 Å². The number of nitrogens with zero attached hydrogens (tertiary/aromatic N) is 5. The third kappa shape index (κ3) is 5.81. The molecule has 0 amide bonds. The molecule has 1 atom stereocenters. The third-order valence-electron chi connectivity index (χ3n) is 6.69. The molecule has 2 N–H and O–H groups in total. The number of hydrogen-bond donors (Lipinski definition) is 2. The molecule has 1 aromatic carbocycles. The van der Waals surface area contributed by atoms with Crippen LogP contribution in [-0.2, 0) is 18.7 Å². The first-order valence-corrected chi connectivity index (χ1v) is 11.9. The highest BCUT2D eigenvalue weighted by atomic mass is 19.4. The van der Waals surface area contributed by atoms with Gasteiger partial charge in [0.15, 0.2) is 0 Å². The van der Waals surface area contributed by atoms with E-state index in [1.54, 1.807) is 10.8 Å². The van der Waals surface area contributed by atoms with Crippen molar-refractivity contribution in [2.24, 2.45) is 0 Å². The van der Waals surface area contributed by atoms with Crippen LogP contribution in [0.15, 0.2) is 48.8 Å². The number of nitrogens with one attached hydrogen (secondary N) is 1. The van der Waals surface area contributed by atoms with Crippen LogP contribution >= 0.6 is 0 Å². The minimum absolute atomic E-state index is 0.0511. The van der Waals surface area contributed by atoms with Gasteiger partial charge in [0.2, 0.25) is 0 Å². The molecule has 38 heavy (non-hydrogen) atoms. The van der Waals surface area contributed by atoms with Gasteiger partial charge in [0.1, 0.15) is 24.4 Å². The van der Waals surface area contributed by atoms with Gasteiger partial charge in [-0.25, -0.2) is 4.98 Å². The number of halogens is 3. The van der Waals surface area contributed by atoms with Crippen LogP contribution in [-0.4, -0.2) is 56.7 Å². The number of alkyl halides is 3. The number of ether oxygens (including phenoxy) is 2. The van der Waals surface area contributed by atoms with E-state index in [4.69, 9.17) is 4.74 Å². The van der Waals surface area contributed by atoms with Crippen LogP contribution in [0.2, 0.25) is 0 Å². The second kappa shape index (κ2) is 10.1. The number of piperidine rings is 1. The maximum atomic E-state index is 12.4. The summed E-state index contributed by atoms with van der Waals surface area (Å²) in [4.78, 5) is 20.8. The van der Waals surface area contributed by atoms with E-state index in [9.17, 15) is 28.4 Å². The fourth-order valence-corrected chi connectivity index (χ4v) is 4.64. The summed E-state index contributed by atoms with van der Waals surface area (Å²) in [5.74, 6) is 0.193. The first-order valence-electron chi connectivity index (χ1n) is 11.9. The van der Waals surface area contributed by atoms with Crippen LogP contribution in [0.25, 0.3) is 0 Å². The molecule has 11 nitrogen and oxygen atoms in total. The summed E-state index contributed by atoms with van der Waals surface area (Å²) < 4.78 is 48.2. The van der Waals surface area contributed by atoms with Gasteiger partial charge < -0.3 is 34.9 Å². The van der Waals surface area contributed by atoms with Crippen LogP contribution in [0.5, 0.6) is 11.8 Å². The van der Waals surface area contributed by atoms with Gasteiger partial charge in [0.05, 0.1) is 11.6 Å². The summed E-state index contributed by atoms with van der Waals surface area (Å²) in [7, 11) is 0. The number of aliphatic hydroxyl groups is 1. The summed E-state index contributed by atoms with van der Waals surface area (Å²) in [6.07, 6.45) is -0.847. The summed E-state index contributed by atoms with van der Waals surface area (Å²) in [6.45, 7) is 2.42. The highest BCUT2D eigenvalue weighted by Crippen LogP contribution is 2.35. The molecule has 2 aliphatic heterocycles. The van der Waals surface area contributed by atoms with Crippen molar-refractivity contribution in [3.63, 3.8) is 0 Å². The van der Waals surface area contributed by atoms with Gasteiger partial charge in [-0.05, 0) is 47.1 Å². The van der Waals surface area contributed by atoms with E-state index >= 15 is 0 Å². The zero-order valence-corrected chi connectivity index (χ0v) is 20.1. The van der Waals surface area contributed by atoms with Crippen LogP contribution < -0.4 is 19.7 Å². The zero-order chi connectivity index (χ0) is 26.9. The molecule has 0 radical (unpaired) electrons. The Morgan fingerprint density at radius 3 is 2.58 bits per heavy atom. The average Bonchev–Trinajstić information content (AvgIpc) is 3.32. The number of pyridine rings is 1. The number of aromatic nitrogens is 3. The molecule has 1 fully saturated rings. The molecule has 2 aromatic heterocycles. The zero-order valence-electron chi connectivity index (χ0n) is 20.1. The molecule has 2 aliphatic rings. The average molecular weight is 534 g/mol. The van der Waals surface area contributed by atoms with Gasteiger partial charge in [0.25, 0.3) is 0 Å². The molecule has 0 unspecified atom stereocenters. The standard InChI is InChI=1S/C24H25F3N6O5/c25-24(26,27)38-19-4-2-17(3-5-19)23(34)7-9-31(10-8-23)20-6-1-16(12-29-20)11-28-18-13-32-14-21(33(35)36)30-22(32)37-15-18/h1-6,12,14,18,28,34H,7-11,13,15H2/t18-/m0/s1. The molecule has 0 bridgehead atoms. The van der Waals surface area contributed by atoms with Gasteiger partial charge in [-0.15, -0.1) is 13.2 Å². The number of anilines is 1. The van der Waals surface area contributed by atoms with Crippen LogP contribution in [0.3, 0.4) is 0 Å². The van der Waals surface area contributed by atoms with E-state index in [0.29, 0.717) is 51.2 Å². The van der Waals surface area contributed by atoms with Crippen molar-refractivity contribution in [2.75, 3.05) is 24.6 Å². The molecule has 202 valence electrons. The van der Waals surface area contributed by atoms with E-state index in [1.807, 2.05) is 12.1 Å². The lowest BCUT2D eigenvalue weighted by Crippen LogP contribution is -2.43. The minimum atomic E-state index is -4.76. The van der Waals surface area contributed by atoms with E-state index < -0.39 is 16.9 Å². The molecule has 3 aromatic rings. The van der Waals surface area contributed by atoms with E-state index in [0.717, 1.165) is 11.4 Å². The maximum Gasteiger partial charge on any atom is 0.573 e. The molecule has 1 saturated heterocycles. The normalized spacial score (nSPS) is 18.9. The Labute approximate surface area is 215 Å². The number of imidazole rings is 1. The van der Waals surface area contributed by atoms with Crippen LogP contribution in [0.1, 0.15) is 24.0 Å². The van der Waals surface area contributed by atoms with Crippen molar-refractivity contribution in [2.45, 2.75) is 43.9 Å². The van der Waals surface area contributed by atoms with Crippen LogP contribution in [0, 0.1) is 10.1 Å². The predicted molar refractivity (Wildman–Crippen MR) is 128 cm³/mol. The summed E-state index contributed by atoms with van der Waals surface area (Å²) in [5.41, 5.74) is 0.352. The molecule has 0 aliphatic carbocycles. The van der Waals surface area contributed by atoms with Crippen molar-refractivity contribution in [1.29, 1.82) is 0 Å². The van der Waals surface area contributed by atoms with Gasteiger partial charge in [-0.1, -0.05) is 18.2 Å². The summed E-state index contributed by atoms with van der Waals surface area (Å²) >= 11 is 0. The van der Waals surface area contributed by atoms with Gasteiger partial charge in [-0.2, -0.15) is 0 Å². The number of nitro groups is 1. The molecule has 5 rings (SSSR count). The monoisotopic (exact) mass is 534 g/mol. The molecular weight excluding hydrogens is 509 g/mol. The van der Waals surface area contributed by atoms with Crippen molar-refractivity contribution in [3.8, 4) is 11.8 Å². The Hall–Kier alpha value is -3.91. The van der Waals surface area contributed by atoms with Gasteiger partial charge in [-0.3, -0.25) is 4.57 Å². The molecule has 0 spiro atoms. The van der Waals surface area contributed by atoms with Crippen molar-refractivity contribution in [3.05, 3.63) is 70.0 Å². The van der Waals surface area contributed by atoms with Crippen molar-refractivity contribution < 1.29 is 32.7 Å². The molecule has 14 heteroatoms. The number of benzene rings is 1. The number of fused-ring (bicyclic) bond motifs is 1.